The number of carbonyl (C=O) groups is 1. The second-order valence-corrected chi connectivity index (χ2v) is 8.47. The molecule has 0 saturated heterocycles. The number of nitrogens with zero attached hydrogens (tertiary/aromatic N) is 1. The molecule has 0 bridgehead atoms. The van der Waals surface area contributed by atoms with Crippen LogP contribution in [0.3, 0.4) is 0 Å². The van der Waals surface area contributed by atoms with Gasteiger partial charge in [0.05, 0.1) is 14.2 Å². The van der Waals surface area contributed by atoms with E-state index in [1.807, 2.05) is 54.6 Å². The maximum absolute atomic E-state index is 12.5. The number of hydrogen-bond acceptors (Lipinski definition) is 6. The molecule has 0 spiro atoms. The molecule has 39 heavy (non-hydrogen) atoms. The van der Waals surface area contributed by atoms with E-state index in [1.165, 1.54) is 6.08 Å². The van der Waals surface area contributed by atoms with E-state index in [9.17, 15) is 10.1 Å². The van der Waals surface area contributed by atoms with E-state index < -0.39 is 5.91 Å². The Morgan fingerprint density at radius 2 is 1.46 bits per heavy atom. The summed E-state index contributed by atoms with van der Waals surface area (Å²) in [5.74, 6) is 2.12. The van der Waals surface area contributed by atoms with Crippen LogP contribution in [0.2, 0.25) is 0 Å². The van der Waals surface area contributed by atoms with Gasteiger partial charge in [-0.25, -0.2) is 0 Å². The van der Waals surface area contributed by atoms with Crippen LogP contribution in [-0.2, 0) is 18.0 Å². The standard InChI is InChI=1S/C32H28N2O5/c1-36-28-15-11-27(12-16-28)34-32(35)26(20-33)18-23-8-13-29(14-9-23)38-22-25-10-17-30(31(19-25)37-2)39-21-24-6-4-3-5-7-24/h3-19H,21-22H2,1-2H3,(H,34,35)/b26-18-. The summed E-state index contributed by atoms with van der Waals surface area (Å²) in [6.07, 6.45) is 1.53. The molecule has 7 nitrogen and oxygen atoms in total. The average molecular weight is 521 g/mol. The molecule has 4 aromatic rings. The smallest absolute Gasteiger partial charge is 0.266 e. The number of amides is 1. The molecule has 7 heteroatoms. The van der Waals surface area contributed by atoms with E-state index in [0.717, 1.165) is 11.1 Å². The van der Waals surface area contributed by atoms with E-state index in [0.29, 0.717) is 47.5 Å². The fourth-order valence-electron chi connectivity index (χ4n) is 3.67. The van der Waals surface area contributed by atoms with Crippen LogP contribution >= 0.6 is 0 Å². The molecule has 0 saturated carbocycles. The van der Waals surface area contributed by atoms with Crippen LogP contribution in [0, 0.1) is 11.3 Å². The lowest BCUT2D eigenvalue weighted by atomic mass is 10.1. The van der Waals surface area contributed by atoms with E-state index >= 15 is 0 Å². The average Bonchev–Trinajstić information content (AvgIpc) is 2.99. The molecule has 1 N–H and O–H groups in total. The van der Waals surface area contributed by atoms with Crippen LogP contribution < -0.4 is 24.3 Å². The first-order valence-electron chi connectivity index (χ1n) is 12.2. The molecule has 0 fully saturated rings. The van der Waals surface area contributed by atoms with Crippen molar-refractivity contribution < 1.29 is 23.7 Å². The maximum atomic E-state index is 12.5. The lowest BCUT2D eigenvalue weighted by Crippen LogP contribution is -2.13. The number of nitriles is 1. The molecular formula is C32H28N2O5. The Hall–Kier alpha value is -5.22. The van der Waals surface area contributed by atoms with E-state index in [-0.39, 0.29) is 5.57 Å². The van der Waals surface area contributed by atoms with Gasteiger partial charge in [-0.1, -0.05) is 48.5 Å². The Labute approximate surface area is 227 Å². The van der Waals surface area contributed by atoms with Crippen LogP contribution in [0.4, 0.5) is 5.69 Å². The molecule has 0 aliphatic carbocycles. The van der Waals surface area contributed by atoms with Gasteiger partial charge >= 0.3 is 0 Å². The number of anilines is 1. The molecule has 4 rings (SSSR count). The van der Waals surface area contributed by atoms with Crippen molar-refractivity contribution in [2.24, 2.45) is 0 Å². The summed E-state index contributed by atoms with van der Waals surface area (Å²) < 4.78 is 22.5. The number of benzene rings is 4. The van der Waals surface area contributed by atoms with Crippen LogP contribution in [0.15, 0.2) is 103 Å². The fraction of sp³-hybridized carbons (Fsp3) is 0.125. The molecule has 196 valence electrons. The molecule has 0 heterocycles. The third kappa shape index (κ3) is 7.63. The SMILES string of the molecule is COc1ccc(NC(=O)/C(C#N)=C\c2ccc(OCc3ccc(OCc4ccccc4)c(OC)c3)cc2)cc1. The highest BCUT2D eigenvalue weighted by atomic mass is 16.5. The van der Waals surface area contributed by atoms with Gasteiger partial charge in [0.25, 0.3) is 5.91 Å². The van der Waals surface area contributed by atoms with Crippen molar-refractivity contribution in [3.63, 3.8) is 0 Å². The molecular weight excluding hydrogens is 492 g/mol. The van der Waals surface area contributed by atoms with E-state index in [1.54, 1.807) is 62.8 Å². The monoisotopic (exact) mass is 520 g/mol. The summed E-state index contributed by atoms with van der Waals surface area (Å²) in [4.78, 5) is 12.5. The largest absolute Gasteiger partial charge is 0.497 e. The predicted octanol–water partition coefficient (Wildman–Crippen LogP) is 6.41. The minimum absolute atomic E-state index is 0.0128. The summed E-state index contributed by atoms with van der Waals surface area (Å²) in [5, 5.41) is 12.2. The van der Waals surface area contributed by atoms with Crippen molar-refractivity contribution in [1.82, 2.24) is 0 Å². The first kappa shape index (κ1) is 26.8. The number of ether oxygens (including phenoxy) is 4. The fourth-order valence-corrected chi connectivity index (χ4v) is 3.67. The Morgan fingerprint density at radius 1 is 0.769 bits per heavy atom. The Bertz CT molecular complexity index is 1460. The van der Waals surface area contributed by atoms with Gasteiger partial charge < -0.3 is 24.3 Å². The van der Waals surface area contributed by atoms with Gasteiger partial charge in [-0.3, -0.25) is 4.79 Å². The molecule has 0 unspecified atom stereocenters. The molecule has 0 radical (unpaired) electrons. The summed E-state index contributed by atoms with van der Waals surface area (Å²) in [5.41, 5.74) is 3.25. The van der Waals surface area contributed by atoms with Crippen molar-refractivity contribution in [2.45, 2.75) is 13.2 Å². The van der Waals surface area contributed by atoms with Crippen LogP contribution in [-0.4, -0.2) is 20.1 Å². The van der Waals surface area contributed by atoms with Gasteiger partial charge in [0.15, 0.2) is 11.5 Å². The molecule has 0 atom stereocenters. The van der Waals surface area contributed by atoms with Gasteiger partial charge in [-0.05, 0) is 71.3 Å². The Kier molecular flexibility index (Phi) is 9.19. The van der Waals surface area contributed by atoms with Crippen LogP contribution in [0.5, 0.6) is 23.0 Å². The number of rotatable bonds is 11. The first-order valence-corrected chi connectivity index (χ1v) is 12.2. The van der Waals surface area contributed by atoms with Crippen LogP contribution in [0.1, 0.15) is 16.7 Å². The zero-order valence-electron chi connectivity index (χ0n) is 21.7. The van der Waals surface area contributed by atoms with Gasteiger partial charge in [0.1, 0.15) is 36.4 Å². The van der Waals surface area contributed by atoms with E-state index in [4.69, 9.17) is 18.9 Å². The summed E-state index contributed by atoms with van der Waals surface area (Å²) in [6.45, 7) is 0.780. The zero-order chi connectivity index (χ0) is 27.5. The van der Waals surface area contributed by atoms with E-state index in [2.05, 4.69) is 5.32 Å². The third-order valence-corrected chi connectivity index (χ3v) is 5.77. The van der Waals surface area contributed by atoms with Gasteiger partial charge in [-0.2, -0.15) is 5.26 Å². The second kappa shape index (κ2) is 13.4. The lowest BCUT2D eigenvalue weighted by molar-refractivity contribution is -0.112. The quantitative estimate of drug-likeness (QED) is 0.182. The molecule has 1 amide bonds. The zero-order valence-corrected chi connectivity index (χ0v) is 21.7. The van der Waals surface area contributed by atoms with Crippen LogP contribution in [0.25, 0.3) is 6.08 Å². The molecule has 4 aromatic carbocycles. The van der Waals surface area contributed by atoms with Crippen molar-refractivity contribution in [3.05, 3.63) is 119 Å². The number of nitrogens with one attached hydrogen (secondary N) is 1. The molecule has 0 aliphatic rings. The first-order chi connectivity index (χ1) is 19.1. The van der Waals surface area contributed by atoms with Gasteiger partial charge in [-0.15, -0.1) is 0 Å². The highest BCUT2D eigenvalue weighted by Gasteiger charge is 2.10. The number of carbonyl (C=O) groups excluding carboxylic acids is 1. The second-order valence-electron chi connectivity index (χ2n) is 8.47. The highest BCUT2D eigenvalue weighted by molar-refractivity contribution is 6.09. The highest BCUT2D eigenvalue weighted by Crippen LogP contribution is 2.29. The maximum Gasteiger partial charge on any atom is 0.266 e. The van der Waals surface area contributed by atoms with Crippen molar-refractivity contribution >= 4 is 17.7 Å². The minimum atomic E-state index is -0.492. The molecule has 0 aromatic heterocycles. The molecule has 0 aliphatic heterocycles. The van der Waals surface area contributed by atoms with Gasteiger partial charge in [0.2, 0.25) is 0 Å². The van der Waals surface area contributed by atoms with Crippen molar-refractivity contribution in [1.29, 1.82) is 5.26 Å². The topological polar surface area (TPSA) is 89.8 Å². The Balaban J connectivity index is 1.34. The summed E-state index contributed by atoms with van der Waals surface area (Å²) >= 11 is 0. The predicted molar refractivity (Wildman–Crippen MR) is 150 cm³/mol. The van der Waals surface area contributed by atoms with Crippen molar-refractivity contribution in [2.75, 3.05) is 19.5 Å². The number of hydrogen-bond donors (Lipinski definition) is 1. The summed E-state index contributed by atoms with van der Waals surface area (Å²) in [7, 11) is 3.17. The minimum Gasteiger partial charge on any atom is -0.497 e. The number of methoxy groups -OCH3 is 2. The Morgan fingerprint density at radius 3 is 2.13 bits per heavy atom. The normalized spacial score (nSPS) is 10.7. The van der Waals surface area contributed by atoms with Crippen molar-refractivity contribution in [3.8, 4) is 29.1 Å². The van der Waals surface area contributed by atoms with Gasteiger partial charge in [0, 0.05) is 5.69 Å². The lowest BCUT2D eigenvalue weighted by Gasteiger charge is -2.13. The summed E-state index contributed by atoms with van der Waals surface area (Å²) in [6, 6.07) is 31.6. The third-order valence-electron chi connectivity index (χ3n) is 5.77.